The fourth-order valence-electron chi connectivity index (χ4n) is 2.49. The molecule has 24 heavy (non-hydrogen) atoms. The topological polar surface area (TPSA) is 46.9 Å². The lowest BCUT2D eigenvalue weighted by Gasteiger charge is -2.09. The Morgan fingerprint density at radius 1 is 1.17 bits per heavy atom. The summed E-state index contributed by atoms with van der Waals surface area (Å²) in [5.74, 6) is 0.919. The number of nitrogens with one attached hydrogen (secondary N) is 1. The second-order valence-corrected chi connectivity index (χ2v) is 6.53. The number of nitrogens with zero attached hydrogens (tertiary/aromatic N) is 2. The van der Waals surface area contributed by atoms with Crippen molar-refractivity contribution < 1.29 is 4.79 Å². The molecule has 1 N–H and O–H groups in total. The van der Waals surface area contributed by atoms with Crippen LogP contribution in [0.2, 0.25) is 0 Å². The number of amides is 1. The number of halogens is 1. The molecule has 0 aliphatic carbocycles. The Balaban J connectivity index is 1.63. The molecule has 0 fully saturated rings. The maximum Gasteiger partial charge on any atom is 0.251 e. The number of rotatable bonds is 5. The molecule has 1 heterocycles. The number of carbonyl (C=O) groups is 1. The Labute approximate surface area is 149 Å². The minimum absolute atomic E-state index is 0.0710. The Hall–Kier alpha value is -2.40. The highest BCUT2D eigenvalue weighted by molar-refractivity contribution is 9.10. The van der Waals surface area contributed by atoms with Gasteiger partial charge in [-0.2, -0.15) is 0 Å². The van der Waals surface area contributed by atoms with Gasteiger partial charge in [0.15, 0.2) is 0 Å². The summed E-state index contributed by atoms with van der Waals surface area (Å²) in [5, 5.41) is 2.96. The third-order valence-electron chi connectivity index (χ3n) is 3.83. The minimum atomic E-state index is -0.0710. The van der Waals surface area contributed by atoms with E-state index in [0.717, 1.165) is 22.4 Å². The molecule has 0 saturated heterocycles. The highest BCUT2D eigenvalue weighted by Gasteiger charge is 2.05. The molecule has 0 unspecified atom stereocenters. The molecule has 3 aromatic rings. The van der Waals surface area contributed by atoms with Crippen molar-refractivity contribution in [1.29, 1.82) is 0 Å². The van der Waals surface area contributed by atoms with Gasteiger partial charge in [0.05, 0.1) is 0 Å². The molecule has 4 nitrogen and oxygen atoms in total. The smallest absolute Gasteiger partial charge is 0.251 e. The first-order valence-electron chi connectivity index (χ1n) is 7.71. The fourth-order valence-corrected chi connectivity index (χ4v) is 2.76. The van der Waals surface area contributed by atoms with Gasteiger partial charge in [-0.25, -0.2) is 4.98 Å². The second kappa shape index (κ2) is 7.45. The van der Waals surface area contributed by atoms with Crippen LogP contribution in [0.25, 0.3) is 0 Å². The molecule has 0 atom stereocenters. The third-order valence-corrected chi connectivity index (χ3v) is 4.36. The molecule has 0 aliphatic rings. The van der Waals surface area contributed by atoms with E-state index >= 15 is 0 Å². The zero-order valence-corrected chi connectivity index (χ0v) is 15.0. The van der Waals surface area contributed by atoms with E-state index < -0.39 is 0 Å². The van der Waals surface area contributed by atoms with E-state index in [4.69, 9.17) is 0 Å². The average molecular weight is 384 g/mol. The molecule has 5 heteroatoms. The SMILES string of the molecule is Cc1nccn1Cc1cccc(CNC(=O)c2ccc(Br)cc2)c1. The standard InChI is InChI=1S/C19H18BrN3O/c1-14-21-9-10-23(14)13-16-4-2-3-15(11-16)12-22-19(24)17-5-7-18(20)8-6-17/h2-11H,12-13H2,1H3,(H,22,24). The predicted molar refractivity (Wildman–Crippen MR) is 97.8 cm³/mol. The van der Waals surface area contributed by atoms with Crippen LogP contribution in [0.5, 0.6) is 0 Å². The van der Waals surface area contributed by atoms with Crippen LogP contribution in [-0.4, -0.2) is 15.5 Å². The molecular weight excluding hydrogens is 366 g/mol. The van der Waals surface area contributed by atoms with E-state index in [1.807, 2.05) is 37.4 Å². The van der Waals surface area contributed by atoms with Gasteiger partial charge in [0.1, 0.15) is 5.82 Å². The first kappa shape index (κ1) is 16.5. The molecule has 0 saturated carbocycles. The van der Waals surface area contributed by atoms with Crippen molar-refractivity contribution >= 4 is 21.8 Å². The summed E-state index contributed by atoms with van der Waals surface area (Å²) in [4.78, 5) is 16.4. The molecule has 3 rings (SSSR count). The maximum atomic E-state index is 12.2. The summed E-state index contributed by atoms with van der Waals surface area (Å²) >= 11 is 3.37. The van der Waals surface area contributed by atoms with Crippen LogP contribution in [0.3, 0.4) is 0 Å². The number of hydrogen-bond acceptors (Lipinski definition) is 2. The maximum absolute atomic E-state index is 12.2. The van der Waals surface area contributed by atoms with E-state index in [9.17, 15) is 4.79 Å². The number of aryl methyl sites for hydroxylation is 1. The number of imidazole rings is 1. The second-order valence-electron chi connectivity index (χ2n) is 5.61. The molecule has 1 amide bonds. The van der Waals surface area contributed by atoms with Crippen LogP contribution in [0.4, 0.5) is 0 Å². The molecule has 0 spiro atoms. The van der Waals surface area contributed by atoms with E-state index in [1.54, 1.807) is 18.3 Å². The molecule has 2 aromatic carbocycles. The van der Waals surface area contributed by atoms with Gasteiger partial charge in [-0.1, -0.05) is 40.2 Å². The van der Waals surface area contributed by atoms with Gasteiger partial charge in [0.2, 0.25) is 0 Å². The molecule has 1 aromatic heterocycles. The summed E-state index contributed by atoms with van der Waals surface area (Å²) in [5.41, 5.74) is 2.92. The molecule has 0 bridgehead atoms. The number of carbonyl (C=O) groups excluding carboxylic acids is 1. The van der Waals surface area contributed by atoms with Gasteiger partial charge in [0, 0.05) is 35.5 Å². The minimum Gasteiger partial charge on any atom is -0.348 e. The van der Waals surface area contributed by atoms with Gasteiger partial charge in [0.25, 0.3) is 5.91 Å². The Bertz CT molecular complexity index is 840. The molecule has 0 radical (unpaired) electrons. The molecule has 122 valence electrons. The van der Waals surface area contributed by atoms with E-state index in [-0.39, 0.29) is 5.91 Å². The Kier molecular flexibility index (Phi) is 5.11. The highest BCUT2D eigenvalue weighted by atomic mass is 79.9. The van der Waals surface area contributed by atoms with Gasteiger partial charge in [-0.15, -0.1) is 0 Å². The van der Waals surface area contributed by atoms with Crippen LogP contribution in [0.1, 0.15) is 27.3 Å². The summed E-state index contributed by atoms with van der Waals surface area (Å²) in [7, 11) is 0. The van der Waals surface area contributed by atoms with Crippen LogP contribution < -0.4 is 5.32 Å². The van der Waals surface area contributed by atoms with Gasteiger partial charge < -0.3 is 9.88 Å². The van der Waals surface area contributed by atoms with Gasteiger partial charge in [-0.05, 0) is 42.3 Å². The fraction of sp³-hybridized carbons (Fsp3) is 0.158. The summed E-state index contributed by atoms with van der Waals surface area (Å²) < 4.78 is 3.06. The van der Waals surface area contributed by atoms with Crippen molar-refractivity contribution in [3.63, 3.8) is 0 Å². The highest BCUT2D eigenvalue weighted by Crippen LogP contribution is 2.11. The van der Waals surface area contributed by atoms with Crippen molar-refractivity contribution in [3.05, 3.63) is 87.9 Å². The summed E-state index contributed by atoms with van der Waals surface area (Å²) in [6, 6.07) is 15.6. The van der Waals surface area contributed by atoms with Gasteiger partial charge in [-0.3, -0.25) is 4.79 Å². The third kappa shape index (κ3) is 4.11. The van der Waals surface area contributed by atoms with Crippen molar-refractivity contribution in [3.8, 4) is 0 Å². The lowest BCUT2D eigenvalue weighted by Crippen LogP contribution is -2.22. The van der Waals surface area contributed by atoms with Crippen molar-refractivity contribution in [2.24, 2.45) is 0 Å². The van der Waals surface area contributed by atoms with E-state index in [0.29, 0.717) is 12.1 Å². The van der Waals surface area contributed by atoms with Crippen LogP contribution in [0.15, 0.2) is 65.4 Å². The van der Waals surface area contributed by atoms with Crippen LogP contribution in [0, 0.1) is 6.92 Å². The number of benzene rings is 2. The predicted octanol–water partition coefficient (Wildman–Crippen LogP) is 3.93. The first-order valence-corrected chi connectivity index (χ1v) is 8.50. The van der Waals surface area contributed by atoms with Crippen LogP contribution >= 0.6 is 15.9 Å². The quantitative estimate of drug-likeness (QED) is 0.725. The first-order chi connectivity index (χ1) is 11.6. The van der Waals surface area contributed by atoms with Crippen molar-refractivity contribution in [2.45, 2.75) is 20.0 Å². The molecular formula is C19H18BrN3O. The lowest BCUT2D eigenvalue weighted by molar-refractivity contribution is 0.0951. The normalized spacial score (nSPS) is 10.6. The number of aromatic nitrogens is 2. The largest absolute Gasteiger partial charge is 0.348 e. The Morgan fingerprint density at radius 3 is 2.62 bits per heavy atom. The van der Waals surface area contributed by atoms with Crippen molar-refractivity contribution in [1.82, 2.24) is 14.9 Å². The molecule has 0 aliphatic heterocycles. The van der Waals surface area contributed by atoms with Gasteiger partial charge >= 0.3 is 0 Å². The van der Waals surface area contributed by atoms with Crippen molar-refractivity contribution in [2.75, 3.05) is 0 Å². The summed E-state index contributed by atoms with van der Waals surface area (Å²) in [6.45, 7) is 3.27. The zero-order chi connectivity index (χ0) is 16.9. The van der Waals surface area contributed by atoms with Crippen LogP contribution in [-0.2, 0) is 13.1 Å². The van der Waals surface area contributed by atoms with E-state index in [1.165, 1.54) is 5.56 Å². The monoisotopic (exact) mass is 383 g/mol. The lowest BCUT2D eigenvalue weighted by atomic mass is 10.1. The number of hydrogen-bond donors (Lipinski definition) is 1. The summed E-state index contributed by atoms with van der Waals surface area (Å²) in [6.07, 6.45) is 3.77. The Morgan fingerprint density at radius 2 is 1.92 bits per heavy atom. The average Bonchev–Trinajstić information content (AvgIpc) is 2.98. The zero-order valence-electron chi connectivity index (χ0n) is 13.4. The van der Waals surface area contributed by atoms with E-state index in [2.05, 4.69) is 42.9 Å².